The SMILES string of the molecule is O=C(O)c1ccc2ccc(F)c([N+](=O)[O-])c2n1. The van der Waals surface area contributed by atoms with E-state index in [9.17, 15) is 19.3 Å². The summed E-state index contributed by atoms with van der Waals surface area (Å²) in [5, 5.41) is 19.7. The average Bonchev–Trinajstić information content (AvgIpc) is 2.27. The van der Waals surface area contributed by atoms with E-state index < -0.39 is 22.4 Å². The van der Waals surface area contributed by atoms with Crippen molar-refractivity contribution < 1.29 is 19.2 Å². The molecule has 1 N–H and O–H groups in total. The first-order valence-electron chi connectivity index (χ1n) is 4.47. The van der Waals surface area contributed by atoms with Crippen molar-refractivity contribution in [2.75, 3.05) is 0 Å². The zero-order chi connectivity index (χ0) is 12.6. The molecule has 1 heterocycles. The number of nitrogens with zero attached hydrogens (tertiary/aromatic N) is 2. The first-order chi connectivity index (χ1) is 8.00. The lowest BCUT2D eigenvalue weighted by atomic mass is 10.1. The number of rotatable bonds is 2. The summed E-state index contributed by atoms with van der Waals surface area (Å²) in [5.74, 6) is -2.37. The van der Waals surface area contributed by atoms with Gasteiger partial charge in [-0.2, -0.15) is 4.39 Å². The molecule has 7 heteroatoms. The second-order valence-electron chi connectivity index (χ2n) is 3.23. The summed E-state index contributed by atoms with van der Waals surface area (Å²) >= 11 is 0. The van der Waals surface area contributed by atoms with Crippen molar-refractivity contribution in [3.8, 4) is 0 Å². The third-order valence-corrected chi connectivity index (χ3v) is 2.19. The van der Waals surface area contributed by atoms with E-state index in [-0.39, 0.29) is 11.2 Å². The fourth-order valence-electron chi connectivity index (χ4n) is 1.44. The molecule has 0 saturated heterocycles. The Morgan fingerprint density at radius 3 is 2.59 bits per heavy atom. The Bertz CT molecular complexity index is 641. The number of halogens is 1. The highest BCUT2D eigenvalue weighted by Crippen LogP contribution is 2.27. The van der Waals surface area contributed by atoms with E-state index in [1.165, 1.54) is 18.2 Å². The highest BCUT2D eigenvalue weighted by molar-refractivity contribution is 5.93. The van der Waals surface area contributed by atoms with E-state index in [1.54, 1.807) is 0 Å². The topological polar surface area (TPSA) is 93.3 Å². The maximum Gasteiger partial charge on any atom is 0.354 e. The minimum absolute atomic E-state index is 0.269. The molecule has 2 rings (SSSR count). The lowest BCUT2D eigenvalue weighted by molar-refractivity contribution is -0.385. The lowest BCUT2D eigenvalue weighted by Gasteiger charge is -2.01. The maximum absolute atomic E-state index is 13.3. The predicted octanol–water partition coefficient (Wildman–Crippen LogP) is 1.98. The molecule has 0 atom stereocenters. The molecule has 0 spiro atoms. The number of carboxylic acid groups (broad SMARTS) is 1. The number of hydrogen-bond donors (Lipinski definition) is 1. The summed E-state index contributed by atoms with van der Waals surface area (Å²) < 4.78 is 13.3. The second-order valence-corrected chi connectivity index (χ2v) is 3.23. The summed E-state index contributed by atoms with van der Waals surface area (Å²) in [6.07, 6.45) is 0. The molecule has 0 aliphatic rings. The molecule has 0 amide bonds. The number of nitro benzene ring substituents is 1. The van der Waals surface area contributed by atoms with Gasteiger partial charge in [0.15, 0.2) is 5.52 Å². The molecule has 17 heavy (non-hydrogen) atoms. The molecule has 6 nitrogen and oxygen atoms in total. The number of carboxylic acids is 1. The third kappa shape index (κ3) is 1.78. The van der Waals surface area contributed by atoms with Crippen LogP contribution in [0.1, 0.15) is 10.5 Å². The van der Waals surface area contributed by atoms with Gasteiger partial charge < -0.3 is 5.11 Å². The first-order valence-corrected chi connectivity index (χ1v) is 4.47. The van der Waals surface area contributed by atoms with Gasteiger partial charge in [-0.25, -0.2) is 9.78 Å². The first kappa shape index (κ1) is 10.9. The van der Waals surface area contributed by atoms with Crippen LogP contribution in [0.3, 0.4) is 0 Å². The molecule has 0 aliphatic carbocycles. The van der Waals surface area contributed by atoms with Crippen LogP contribution in [0, 0.1) is 15.9 Å². The van der Waals surface area contributed by atoms with Gasteiger partial charge in [-0.05, 0) is 18.2 Å². The smallest absolute Gasteiger partial charge is 0.354 e. The molecule has 86 valence electrons. The van der Waals surface area contributed by atoms with Gasteiger partial charge in [0.2, 0.25) is 5.82 Å². The van der Waals surface area contributed by atoms with Crippen LogP contribution in [0.4, 0.5) is 10.1 Å². The Morgan fingerprint density at radius 1 is 1.35 bits per heavy atom. The van der Waals surface area contributed by atoms with Gasteiger partial charge in [-0.1, -0.05) is 6.07 Å². The van der Waals surface area contributed by atoms with Crippen molar-refractivity contribution in [2.45, 2.75) is 0 Å². The van der Waals surface area contributed by atoms with Gasteiger partial charge in [-0.15, -0.1) is 0 Å². The number of carbonyl (C=O) groups is 1. The molecule has 0 aliphatic heterocycles. The van der Waals surface area contributed by atoms with Gasteiger partial charge in [0.05, 0.1) is 4.92 Å². The van der Waals surface area contributed by atoms with Crippen molar-refractivity contribution in [1.29, 1.82) is 0 Å². The largest absolute Gasteiger partial charge is 0.477 e. The van der Waals surface area contributed by atoms with Crippen molar-refractivity contribution in [2.24, 2.45) is 0 Å². The third-order valence-electron chi connectivity index (χ3n) is 2.19. The van der Waals surface area contributed by atoms with E-state index >= 15 is 0 Å². The number of aromatic nitrogens is 1. The van der Waals surface area contributed by atoms with Crippen LogP contribution in [0.5, 0.6) is 0 Å². The van der Waals surface area contributed by atoms with E-state index in [1.807, 2.05) is 0 Å². The number of pyridine rings is 1. The molecular weight excluding hydrogens is 231 g/mol. The standard InChI is InChI=1S/C10H5FN2O4/c11-6-3-1-5-2-4-7(10(14)15)12-8(5)9(6)13(16)17/h1-4H,(H,14,15). The average molecular weight is 236 g/mol. The van der Waals surface area contributed by atoms with Crippen molar-refractivity contribution in [3.63, 3.8) is 0 Å². The zero-order valence-corrected chi connectivity index (χ0v) is 8.25. The number of hydrogen-bond acceptors (Lipinski definition) is 4. The van der Waals surface area contributed by atoms with Crippen LogP contribution in [0.2, 0.25) is 0 Å². The van der Waals surface area contributed by atoms with E-state index in [2.05, 4.69) is 4.98 Å². The molecule has 0 unspecified atom stereocenters. The molecule has 0 radical (unpaired) electrons. The highest BCUT2D eigenvalue weighted by Gasteiger charge is 2.21. The number of benzene rings is 1. The van der Waals surface area contributed by atoms with Gasteiger partial charge >= 0.3 is 11.7 Å². The summed E-state index contributed by atoms with van der Waals surface area (Å²) in [6, 6.07) is 4.80. The van der Waals surface area contributed by atoms with Crippen molar-refractivity contribution >= 4 is 22.6 Å². The summed E-state index contributed by atoms with van der Waals surface area (Å²) in [4.78, 5) is 24.0. The van der Waals surface area contributed by atoms with Crippen molar-refractivity contribution in [3.05, 3.63) is 45.9 Å². The van der Waals surface area contributed by atoms with E-state index in [0.717, 1.165) is 6.07 Å². The monoisotopic (exact) mass is 236 g/mol. The molecular formula is C10H5FN2O4. The molecule has 0 fully saturated rings. The van der Waals surface area contributed by atoms with Crippen LogP contribution >= 0.6 is 0 Å². The fourth-order valence-corrected chi connectivity index (χ4v) is 1.44. The summed E-state index contributed by atoms with van der Waals surface area (Å²) in [5.41, 5.74) is -1.45. The Hall–Kier alpha value is -2.57. The van der Waals surface area contributed by atoms with Crippen LogP contribution in [-0.2, 0) is 0 Å². The molecule has 1 aromatic carbocycles. The zero-order valence-electron chi connectivity index (χ0n) is 8.25. The Kier molecular flexibility index (Phi) is 2.43. The van der Waals surface area contributed by atoms with Gasteiger partial charge in [0.1, 0.15) is 5.69 Å². The molecule has 0 saturated carbocycles. The van der Waals surface area contributed by atoms with Crippen LogP contribution in [0.25, 0.3) is 10.9 Å². The maximum atomic E-state index is 13.3. The summed E-state index contributed by atoms with van der Waals surface area (Å²) in [6.45, 7) is 0. The van der Waals surface area contributed by atoms with Gasteiger partial charge in [-0.3, -0.25) is 10.1 Å². The minimum Gasteiger partial charge on any atom is -0.477 e. The molecule has 0 bridgehead atoms. The minimum atomic E-state index is -1.33. The predicted molar refractivity (Wildman–Crippen MR) is 55.3 cm³/mol. The fraction of sp³-hybridized carbons (Fsp3) is 0. The van der Waals surface area contributed by atoms with E-state index in [4.69, 9.17) is 5.11 Å². The number of aromatic carboxylic acids is 1. The Balaban J connectivity index is 2.85. The lowest BCUT2D eigenvalue weighted by Crippen LogP contribution is -2.02. The molecule has 1 aromatic heterocycles. The van der Waals surface area contributed by atoms with Gasteiger partial charge in [0.25, 0.3) is 0 Å². The van der Waals surface area contributed by atoms with Crippen LogP contribution in [-0.4, -0.2) is 21.0 Å². The number of fused-ring (bicyclic) bond motifs is 1. The van der Waals surface area contributed by atoms with Crippen LogP contribution in [0.15, 0.2) is 24.3 Å². The van der Waals surface area contributed by atoms with Crippen molar-refractivity contribution in [1.82, 2.24) is 4.98 Å². The van der Waals surface area contributed by atoms with Gasteiger partial charge in [0, 0.05) is 5.39 Å². The summed E-state index contributed by atoms with van der Waals surface area (Å²) in [7, 11) is 0. The van der Waals surface area contributed by atoms with E-state index in [0.29, 0.717) is 5.39 Å². The normalized spacial score (nSPS) is 10.4. The second kappa shape index (κ2) is 3.78. The number of nitro groups is 1. The highest BCUT2D eigenvalue weighted by atomic mass is 19.1. The van der Waals surface area contributed by atoms with Crippen LogP contribution < -0.4 is 0 Å². The Labute approximate surface area is 93.5 Å². The Morgan fingerprint density at radius 2 is 2.00 bits per heavy atom. The quantitative estimate of drug-likeness (QED) is 0.635. The molecule has 2 aromatic rings.